The monoisotopic (exact) mass is 284 g/mol. The van der Waals surface area contributed by atoms with Gasteiger partial charge in [-0.3, -0.25) is 9.69 Å². The molecule has 0 heterocycles. The van der Waals surface area contributed by atoms with E-state index in [4.69, 9.17) is 16.7 Å². The predicted molar refractivity (Wildman–Crippen MR) is 77.5 cm³/mol. The van der Waals surface area contributed by atoms with Crippen molar-refractivity contribution in [2.24, 2.45) is 0 Å². The molecular formula is C14H21ClN2O2. The molecule has 5 heteroatoms. The summed E-state index contributed by atoms with van der Waals surface area (Å²) in [6.45, 7) is 3.07. The van der Waals surface area contributed by atoms with Crippen molar-refractivity contribution in [3.63, 3.8) is 0 Å². The minimum Gasteiger partial charge on any atom is -0.481 e. The summed E-state index contributed by atoms with van der Waals surface area (Å²) in [5.74, 6) is -0.758. The summed E-state index contributed by atoms with van der Waals surface area (Å²) in [5.41, 5.74) is 1.15. The lowest BCUT2D eigenvalue weighted by Crippen LogP contribution is -2.33. The van der Waals surface area contributed by atoms with Gasteiger partial charge in [-0.05, 0) is 31.8 Å². The largest absolute Gasteiger partial charge is 0.481 e. The Morgan fingerprint density at radius 1 is 1.16 bits per heavy atom. The molecule has 0 aliphatic carbocycles. The van der Waals surface area contributed by atoms with Gasteiger partial charge in [0, 0.05) is 31.2 Å². The van der Waals surface area contributed by atoms with Crippen molar-refractivity contribution in [1.82, 2.24) is 9.80 Å². The Kier molecular flexibility index (Phi) is 6.84. The highest BCUT2D eigenvalue weighted by Gasteiger charge is 2.09. The molecular weight excluding hydrogens is 264 g/mol. The molecule has 0 saturated heterocycles. The van der Waals surface area contributed by atoms with Crippen LogP contribution in [-0.2, 0) is 11.3 Å². The molecule has 0 atom stereocenters. The number of benzene rings is 1. The van der Waals surface area contributed by atoms with Crippen molar-refractivity contribution >= 4 is 17.6 Å². The van der Waals surface area contributed by atoms with Gasteiger partial charge in [-0.15, -0.1) is 0 Å². The minimum atomic E-state index is -0.758. The van der Waals surface area contributed by atoms with E-state index in [1.54, 1.807) is 0 Å². The summed E-state index contributed by atoms with van der Waals surface area (Å²) in [4.78, 5) is 14.9. The molecule has 1 aromatic carbocycles. The lowest BCUT2D eigenvalue weighted by molar-refractivity contribution is -0.137. The first-order valence-corrected chi connectivity index (χ1v) is 6.68. The quantitative estimate of drug-likeness (QED) is 0.795. The summed E-state index contributed by atoms with van der Waals surface area (Å²) in [6.07, 6.45) is 0.168. The number of carboxylic acid groups (broad SMARTS) is 1. The Hall–Kier alpha value is -1.10. The lowest BCUT2D eigenvalue weighted by atomic mass is 10.2. The van der Waals surface area contributed by atoms with E-state index in [1.165, 1.54) is 0 Å². The number of hydrogen-bond donors (Lipinski definition) is 1. The van der Waals surface area contributed by atoms with E-state index in [2.05, 4.69) is 9.80 Å². The van der Waals surface area contributed by atoms with Crippen LogP contribution in [0.15, 0.2) is 24.3 Å². The molecule has 1 aromatic rings. The zero-order chi connectivity index (χ0) is 14.3. The predicted octanol–water partition coefficient (Wildman–Crippen LogP) is 2.18. The molecule has 106 valence electrons. The highest BCUT2D eigenvalue weighted by Crippen LogP contribution is 2.11. The summed E-state index contributed by atoms with van der Waals surface area (Å²) >= 11 is 5.86. The molecule has 0 fully saturated rings. The second-order valence-electron chi connectivity index (χ2n) is 4.85. The molecule has 0 aliphatic heterocycles. The number of aliphatic carboxylic acids is 1. The van der Waals surface area contributed by atoms with E-state index in [1.807, 2.05) is 38.4 Å². The summed E-state index contributed by atoms with van der Waals surface area (Å²) in [7, 11) is 4.02. The third kappa shape index (κ3) is 7.15. The van der Waals surface area contributed by atoms with E-state index >= 15 is 0 Å². The van der Waals surface area contributed by atoms with E-state index in [0.717, 1.165) is 25.2 Å². The Labute approximate surface area is 119 Å². The van der Waals surface area contributed by atoms with Crippen LogP contribution in [0.4, 0.5) is 0 Å². The minimum absolute atomic E-state index is 0.168. The van der Waals surface area contributed by atoms with Gasteiger partial charge in [0.05, 0.1) is 6.42 Å². The molecule has 0 bridgehead atoms. The average molecular weight is 285 g/mol. The van der Waals surface area contributed by atoms with Gasteiger partial charge in [0.1, 0.15) is 0 Å². The Balaban J connectivity index is 2.56. The van der Waals surface area contributed by atoms with Gasteiger partial charge in [0.15, 0.2) is 0 Å². The fourth-order valence-corrected chi connectivity index (χ4v) is 1.84. The van der Waals surface area contributed by atoms with Gasteiger partial charge in [-0.1, -0.05) is 23.7 Å². The van der Waals surface area contributed by atoms with Crippen molar-refractivity contribution in [3.05, 3.63) is 34.9 Å². The van der Waals surface area contributed by atoms with Gasteiger partial charge in [-0.2, -0.15) is 0 Å². The molecule has 0 saturated carbocycles. The molecule has 0 unspecified atom stereocenters. The Morgan fingerprint density at radius 2 is 1.79 bits per heavy atom. The molecule has 1 N–H and O–H groups in total. The number of carboxylic acids is 1. The first-order valence-electron chi connectivity index (χ1n) is 6.30. The number of hydrogen-bond acceptors (Lipinski definition) is 3. The SMILES string of the molecule is CN(C)CCN(CCC(=O)O)Cc1ccc(Cl)cc1. The van der Waals surface area contributed by atoms with Gasteiger partial charge >= 0.3 is 5.97 Å². The van der Waals surface area contributed by atoms with Crippen LogP contribution in [0.25, 0.3) is 0 Å². The Bertz CT molecular complexity index is 393. The van der Waals surface area contributed by atoms with Gasteiger partial charge < -0.3 is 10.0 Å². The van der Waals surface area contributed by atoms with E-state index in [9.17, 15) is 4.79 Å². The number of nitrogens with zero attached hydrogens (tertiary/aromatic N) is 2. The van der Waals surface area contributed by atoms with E-state index in [-0.39, 0.29) is 6.42 Å². The fraction of sp³-hybridized carbons (Fsp3) is 0.500. The number of rotatable bonds is 8. The van der Waals surface area contributed by atoms with Crippen LogP contribution in [0.1, 0.15) is 12.0 Å². The average Bonchev–Trinajstić information content (AvgIpc) is 2.35. The zero-order valence-electron chi connectivity index (χ0n) is 11.5. The van der Waals surface area contributed by atoms with Crippen LogP contribution < -0.4 is 0 Å². The number of likely N-dealkylation sites (N-methyl/N-ethyl adjacent to an activating group) is 1. The highest BCUT2D eigenvalue weighted by molar-refractivity contribution is 6.30. The summed E-state index contributed by atoms with van der Waals surface area (Å²) < 4.78 is 0. The van der Waals surface area contributed by atoms with Crippen molar-refractivity contribution in [2.75, 3.05) is 33.7 Å². The summed E-state index contributed by atoms with van der Waals surface area (Å²) in [6, 6.07) is 7.67. The second kappa shape index (κ2) is 8.15. The maximum absolute atomic E-state index is 10.7. The Morgan fingerprint density at radius 3 is 2.32 bits per heavy atom. The number of halogens is 1. The normalized spacial score (nSPS) is 11.2. The molecule has 0 aliphatic rings. The zero-order valence-corrected chi connectivity index (χ0v) is 12.2. The van der Waals surface area contributed by atoms with Crippen molar-refractivity contribution in [2.45, 2.75) is 13.0 Å². The molecule has 1 rings (SSSR count). The standard InChI is InChI=1S/C14H21ClN2O2/c1-16(2)9-10-17(8-7-14(18)19)11-12-3-5-13(15)6-4-12/h3-6H,7-11H2,1-2H3,(H,18,19). The van der Waals surface area contributed by atoms with Crippen LogP contribution >= 0.6 is 11.6 Å². The summed E-state index contributed by atoms with van der Waals surface area (Å²) in [5, 5.41) is 9.50. The first-order chi connectivity index (χ1) is 8.97. The van der Waals surface area contributed by atoms with Crippen LogP contribution in [-0.4, -0.2) is 54.6 Å². The maximum Gasteiger partial charge on any atom is 0.304 e. The van der Waals surface area contributed by atoms with Crippen LogP contribution in [0.2, 0.25) is 5.02 Å². The van der Waals surface area contributed by atoms with Crippen LogP contribution in [0, 0.1) is 0 Å². The van der Waals surface area contributed by atoms with E-state index < -0.39 is 5.97 Å². The third-order valence-corrected chi connectivity index (χ3v) is 3.08. The molecule has 0 radical (unpaired) electrons. The molecule has 0 spiro atoms. The lowest BCUT2D eigenvalue weighted by Gasteiger charge is -2.23. The second-order valence-corrected chi connectivity index (χ2v) is 5.29. The molecule has 0 aromatic heterocycles. The van der Waals surface area contributed by atoms with Crippen molar-refractivity contribution in [1.29, 1.82) is 0 Å². The van der Waals surface area contributed by atoms with Gasteiger partial charge in [0.25, 0.3) is 0 Å². The topological polar surface area (TPSA) is 43.8 Å². The number of carbonyl (C=O) groups is 1. The molecule has 4 nitrogen and oxygen atoms in total. The van der Waals surface area contributed by atoms with Crippen LogP contribution in [0.3, 0.4) is 0 Å². The van der Waals surface area contributed by atoms with Crippen molar-refractivity contribution in [3.8, 4) is 0 Å². The van der Waals surface area contributed by atoms with Crippen molar-refractivity contribution < 1.29 is 9.90 Å². The van der Waals surface area contributed by atoms with E-state index in [0.29, 0.717) is 11.6 Å². The third-order valence-electron chi connectivity index (χ3n) is 2.82. The maximum atomic E-state index is 10.7. The smallest absolute Gasteiger partial charge is 0.304 e. The fourth-order valence-electron chi connectivity index (χ4n) is 1.71. The van der Waals surface area contributed by atoms with Gasteiger partial charge in [-0.25, -0.2) is 0 Å². The molecule has 0 amide bonds. The van der Waals surface area contributed by atoms with Gasteiger partial charge in [0.2, 0.25) is 0 Å². The first kappa shape index (κ1) is 16.0. The molecule has 19 heavy (non-hydrogen) atoms. The van der Waals surface area contributed by atoms with Crippen LogP contribution in [0.5, 0.6) is 0 Å². The highest BCUT2D eigenvalue weighted by atomic mass is 35.5.